The molecule has 0 bridgehead atoms. The second kappa shape index (κ2) is 8.83. The summed E-state index contributed by atoms with van der Waals surface area (Å²) in [6.07, 6.45) is 4.23. The third-order valence-corrected chi connectivity index (χ3v) is 6.54. The second-order valence-electron chi connectivity index (χ2n) is 9.25. The number of thiazole rings is 1. The number of amides is 1. The van der Waals surface area contributed by atoms with Crippen molar-refractivity contribution in [1.29, 1.82) is 0 Å². The molecule has 4 nitrogen and oxygen atoms in total. The lowest BCUT2D eigenvalue weighted by Crippen LogP contribution is -2.30. The van der Waals surface area contributed by atoms with E-state index >= 15 is 0 Å². The number of aromatic nitrogens is 1. The molecule has 31 heavy (non-hydrogen) atoms. The van der Waals surface area contributed by atoms with E-state index in [-0.39, 0.29) is 11.3 Å². The molecule has 5 heteroatoms. The van der Waals surface area contributed by atoms with Gasteiger partial charge in [0.15, 0.2) is 11.2 Å². The van der Waals surface area contributed by atoms with Crippen molar-refractivity contribution in [3.63, 3.8) is 0 Å². The molecule has 0 aliphatic heterocycles. The molecule has 0 radical (unpaired) electrons. The molecule has 1 unspecified atom stereocenters. The van der Waals surface area contributed by atoms with Crippen molar-refractivity contribution in [2.75, 3.05) is 5.32 Å². The van der Waals surface area contributed by atoms with Gasteiger partial charge in [0, 0.05) is 10.9 Å². The maximum atomic E-state index is 12.6. The van der Waals surface area contributed by atoms with Gasteiger partial charge in [0.05, 0.1) is 5.69 Å². The fourth-order valence-electron chi connectivity index (χ4n) is 3.85. The van der Waals surface area contributed by atoms with Gasteiger partial charge in [-0.25, -0.2) is 4.98 Å². The minimum Gasteiger partial charge on any atom is -0.481 e. The molecule has 1 heterocycles. The summed E-state index contributed by atoms with van der Waals surface area (Å²) in [4.78, 5) is 17.2. The molecule has 0 saturated carbocycles. The zero-order valence-corrected chi connectivity index (χ0v) is 19.5. The SMILES string of the molecule is CC(Oc1ccc(C(C)(C)C)cc1)C(=O)Nc1nc(-c2ccc3c(c2)CCCC3)cs1. The number of aryl methyl sites for hydroxylation is 2. The molecular weight excluding hydrogens is 404 g/mol. The summed E-state index contributed by atoms with van der Waals surface area (Å²) < 4.78 is 5.83. The number of carbonyl (C=O) groups is 1. The number of rotatable bonds is 5. The van der Waals surface area contributed by atoms with Gasteiger partial charge in [-0.05, 0) is 72.9 Å². The lowest BCUT2D eigenvalue weighted by molar-refractivity contribution is -0.122. The molecule has 2 aromatic carbocycles. The Kier molecular flexibility index (Phi) is 6.15. The van der Waals surface area contributed by atoms with Crippen LogP contribution < -0.4 is 10.1 Å². The minimum absolute atomic E-state index is 0.0854. The largest absolute Gasteiger partial charge is 0.481 e. The van der Waals surface area contributed by atoms with Gasteiger partial charge in [-0.2, -0.15) is 0 Å². The molecule has 1 atom stereocenters. The molecule has 1 N–H and O–H groups in total. The molecule has 1 aliphatic carbocycles. The van der Waals surface area contributed by atoms with Gasteiger partial charge in [-0.15, -0.1) is 11.3 Å². The van der Waals surface area contributed by atoms with Crippen LogP contribution >= 0.6 is 11.3 Å². The van der Waals surface area contributed by atoms with Crippen molar-refractivity contribution in [1.82, 2.24) is 4.98 Å². The highest BCUT2D eigenvalue weighted by Gasteiger charge is 2.18. The van der Waals surface area contributed by atoms with Gasteiger partial charge in [-0.1, -0.05) is 45.0 Å². The van der Waals surface area contributed by atoms with Crippen LogP contribution in [-0.4, -0.2) is 17.0 Å². The molecule has 1 amide bonds. The Morgan fingerprint density at radius 1 is 1.06 bits per heavy atom. The first-order valence-corrected chi connectivity index (χ1v) is 11.8. The van der Waals surface area contributed by atoms with Gasteiger partial charge >= 0.3 is 0 Å². The van der Waals surface area contributed by atoms with E-state index in [0.717, 1.165) is 17.7 Å². The molecule has 4 rings (SSSR count). The van der Waals surface area contributed by atoms with Crippen molar-refractivity contribution in [3.8, 4) is 17.0 Å². The fraction of sp³-hybridized carbons (Fsp3) is 0.385. The number of nitrogens with zero attached hydrogens (tertiary/aromatic N) is 1. The highest BCUT2D eigenvalue weighted by atomic mass is 32.1. The number of benzene rings is 2. The molecule has 0 fully saturated rings. The van der Waals surface area contributed by atoms with Gasteiger partial charge in [0.2, 0.25) is 0 Å². The summed E-state index contributed by atoms with van der Waals surface area (Å²) in [5.74, 6) is 0.482. The first-order valence-electron chi connectivity index (χ1n) is 11.0. The van der Waals surface area contributed by atoms with Crippen molar-refractivity contribution in [2.24, 2.45) is 0 Å². The van der Waals surface area contributed by atoms with Crippen LogP contribution in [0.15, 0.2) is 47.8 Å². The molecule has 1 aromatic heterocycles. The number of hydrogen-bond donors (Lipinski definition) is 1. The van der Waals surface area contributed by atoms with Crippen molar-refractivity contribution in [2.45, 2.75) is 64.9 Å². The number of nitrogens with one attached hydrogen (secondary N) is 1. The molecule has 162 valence electrons. The van der Waals surface area contributed by atoms with Crippen molar-refractivity contribution < 1.29 is 9.53 Å². The predicted octanol–water partition coefficient (Wildman–Crippen LogP) is 6.39. The Labute approximate surface area is 188 Å². The van der Waals surface area contributed by atoms with Crippen LogP contribution in [0.5, 0.6) is 5.75 Å². The number of carbonyl (C=O) groups excluding carboxylic acids is 1. The Morgan fingerprint density at radius 2 is 1.77 bits per heavy atom. The smallest absolute Gasteiger partial charge is 0.266 e. The van der Waals surface area contributed by atoms with Crippen molar-refractivity contribution in [3.05, 3.63) is 64.5 Å². The average Bonchev–Trinajstić information content (AvgIpc) is 3.21. The summed E-state index contributed by atoms with van der Waals surface area (Å²) in [5, 5.41) is 5.48. The maximum Gasteiger partial charge on any atom is 0.266 e. The standard InChI is InChI=1S/C26H30N2O2S/c1-17(30-22-13-11-21(12-14-22)26(2,3)4)24(29)28-25-27-23(16-31-25)20-10-9-18-7-5-6-8-19(18)15-20/h9-17H,5-8H2,1-4H3,(H,27,28,29). The zero-order chi connectivity index (χ0) is 22.0. The Bertz CT molecular complexity index is 1060. The molecule has 0 saturated heterocycles. The van der Waals surface area contributed by atoms with Crippen molar-refractivity contribution >= 4 is 22.4 Å². The first kappa shape index (κ1) is 21.6. The number of ether oxygens (including phenoxy) is 1. The van der Waals surface area contributed by atoms with E-state index in [1.54, 1.807) is 6.92 Å². The van der Waals surface area contributed by atoms with Crippen LogP contribution in [-0.2, 0) is 23.1 Å². The minimum atomic E-state index is -0.614. The number of fused-ring (bicyclic) bond motifs is 1. The molecule has 0 spiro atoms. The average molecular weight is 435 g/mol. The predicted molar refractivity (Wildman–Crippen MR) is 128 cm³/mol. The van der Waals surface area contributed by atoms with Gasteiger partial charge < -0.3 is 4.74 Å². The van der Waals surface area contributed by atoms with Crippen LogP contribution in [0, 0.1) is 0 Å². The summed E-state index contributed by atoms with van der Waals surface area (Å²) >= 11 is 1.44. The van der Waals surface area contributed by atoms with Gasteiger partial charge in [0.25, 0.3) is 5.91 Å². The van der Waals surface area contributed by atoms with Crippen LogP contribution in [0.25, 0.3) is 11.3 Å². The van der Waals surface area contributed by atoms with Gasteiger partial charge in [0.1, 0.15) is 5.75 Å². The summed E-state index contributed by atoms with van der Waals surface area (Å²) in [7, 11) is 0. The molecule has 1 aliphatic rings. The van der Waals surface area contributed by atoms with E-state index in [2.05, 4.69) is 49.3 Å². The van der Waals surface area contributed by atoms with E-state index in [1.807, 2.05) is 29.6 Å². The van der Waals surface area contributed by atoms with E-state index in [1.165, 1.54) is 47.3 Å². The van der Waals surface area contributed by atoms with Gasteiger partial charge in [-0.3, -0.25) is 10.1 Å². The summed E-state index contributed by atoms with van der Waals surface area (Å²) in [5.41, 5.74) is 6.22. The third kappa shape index (κ3) is 5.16. The molecule has 3 aromatic rings. The topological polar surface area (TPSA) is 51.2 Å². The zero-order valence-electron chi connectivity index (χ0n) is 18.7. The Morgan fingerprint density at radius 3 is 2.48 bits per heavy atom. The number of hydrogen-bond acceptors (Lipinski definition) is 4. The van der Waals surface area contributed by atoms with E-state index in [4.69, 9.17) is 4.74 Å². The van der Waals surface area contributed by atoms with Crippen LogP contribution in [0.1, 0.15) is 57.2 Å². The highest BCUT2D eigenvalue weighted by molar-refractivity contribution is 7.14. The summed E-state index contributed by atoms with van der Waals surface area (Å²) in [6, 6.07) is 14.5. The fourth-order valence-corrected chi connectivity index (χ4v) is 4.58. The maximum absolute atomic E-state index is 12.6. The monoisotopic (exact) mass is 434 g/mol. The Balaban J connectivity index is 1.38. The van der Waals surface area contributed by atoms with Crippen LogP contribution in [0.2, 0.25) is 0 Å². The van der Waals surface area contributed by atoms with E-state index < -0.39 is 6.10 Å². The first-order chi connectivity index (χ1) is 14.8. The third-order valence-electron chi connectivity index (χ3n) is 5.78. The van der Waals surface area contributed by atoms with Crippen LogP contribution in [0.4, 0.5) is 5.13 Å². The Hall–Kier alpha value is -2.66. The molecular formula is C26H30N2O2S. The second-order valence-corrected chi connectivity index (χ2v) is 10.1. The van der Waals surface area contributed by atoms with Crippen LogP contribution in [0.3, 0.4) is 0 Å². The summed E-state index contributed by atoms with van der Waals surface area (Å²) in [6.45, 7) is 8.27. The van der Waals surface area contributed by atoms with E-state index in [9.17, 15) is 4.79 Å². The lowest BCUT2D eigenvalue weighted by atomic mass is 9.87. The van der Waals surface area contributed by atoms with E-state index in [0.29, 0.717) is 10.9 Å². The number of anilines is 1. The quantitative estimate of drug-likeness (QED) is 0.506. The highest BCUT2D eigenvalue weighted by Crippen LogP contribution is 2.30. The lowest BCUT2D eigenvalue weighted by Gasteiger charge is -2.20. The normalized spacial score (nSPS) is 14.6.